The Morgan fingerprint density at radius 1 is 1.25 bits per heavy atom. The normalized spacial score (nSPS) is 10.8. The lowest BCUT2D eigenvalue weighted by atomic mass is 10.2. The zero-order chi connectivity index (χ0) is 17.3. The van der Waals surface area contributed by atoms with Crippen molar-refractivity contribution < 1.29 is 4.79 Å². The standard InChI is InChI=1S/C17H18ClN5O/c1-11-16(12(2)22(3)21-11)17(24)20-15-8-19-23(10-15)9-13-4-6-14(18)7-5-13/h4-8,10H,9H2,1-3H3,(H,20,24). The molecule has 2 heterocycles. The lowest BCUT2D eigenvalue weighted by molar-refractivity contribution is 0.102. The van der Waals surface area contributed by atoms with Gasteiger partial charge in [-0.15, -0.1) is 0 Å². The number of amides is 1. The predicted molar refractivity (Wildman–Crippen MR) is 93.4 cm³/mol. The molecule has 0 atom stereocenters. The van der Waals surface area contributed by atoms with E-state index in [1.807, 2.05) is 45.2 Å². The fraction of sp³-hybridized carbons (Fsp3) is 0.235. The first-order chi connectivity index (χ1) is 11.4. The highest BCUT2D eigenvalue weighted by Crippen LogP contribution is 2.16. The van der Waals surface area contributed by atoms with E-state index in [1.165, 1.54) is 0 Å². The number of halogens is 1. The minimum atomic E-state index is -0.177. The van der Waals surface area contributed by atoms with Crippen LogP contribution in [0.4, 0.5) is 5.69 Å². The Bertz CT molecular complexity index is 879. The summed E-state index contributed by atoms with van der Waals surface area (Å²) in [5.41, 5.74) is 3.87. The van der Waals surface area contributed by atoms with Crippen molar-refractivity contribution in [3.8, 4) is 0 Å². The summed E-state index contributed by atoms with van der Waals surface area (Å²) in [5, 5.41) is 12.1. The molecule has 0 aliphatic heterocycles. The Hall–Kier alpha value is -2.60. The molecule has 3 rings (SSSR count). The average Bonchev–Trinajstić information content (AvgIpc) is 3.06. The second kappa shape index (κ2) is 6.49. The molecule has 1 N–H and O–H groups in total. The molecule has 0 fully saturated rings. The van der Waals surface area contributed by atoms with Gasteiger partial charge >= 0.3 is 0 Å². The third-order valence-electron chi connectivity index (χ3n) is 3.89. The molecule has 0 aliphatic rings. The molecule has 2 aromatic heterocycles. The molecule has 0 unspecified atom stereocenters. The maximum absolute atomic E-state index is 12.5. The molecule has 0 radical (unpaired) electrons. The van der Waals surface area contributed by atoms with E-state index in [9.17, 15) is 4.79 Å². The number of carbonyl (C=O) groups is 1. The van der Waals surface area contributed by atoms with E-state index >= 15 is 0 Å². The number of hydrogen-bond donors (Lipinski definition) is 1. The Morgan fingerprint density at radius 3 is 2.58 bits per heavy atom. The van der Waals surface area contributed by atoms with E-state index in [-0.39, 0.29) is 5.91 Å². The highest BCUT2D eigenvalue weighted by atomic mass is 35.5. The fourth-order valence-corrected chi connectivity index (χ4v) is 2.71. The number of benzene rings is 1. The second-order valence-corrected chi connectivity index (χ2v) is 6.11. The van der Waals surface area contributed by atoms with Crippen molar-refractivity contribution >= 4 is 23.2 Å². The first-order valence-electron chi connectivity index (χ1n) is 7.52. The van der Waals surface area contributed by atoms with Crippen molar-refractivity contribution in [2.45, 2.75) is 20.4 Å². The van der Waals surface area contributed by atoms with Crippen LogP contribution in [0.3, 0.4) is 0 Å². The van der Waals surface area contributed by atoms with E-state index < -0.39 is 0 Å². The van der Waals surface area contributed by atoms with Crippen LogP contribution >= 0.6 is 11.6 Å². The first kappa shape index (κ1) is 16.3. The molecule has 0 bridgehead atoms. The lowest BCUT2D eigenvalue weighted by Gasteiger charge is -2.03. The molecule has 1 aromatic carbocycles. The van der Waals surface area contributed by atoms with Crippen LogP contribution in [0.25, 0.3) is 0 Å². The average molecular weight is 344 g/mol. The van der Waals surface area contributed by atoms with Crippen molar-refractivity contribution in [3.63, 3.8) is 0 Å². The third kappa shape index (κ3) is 3.33. The van der Waals surface area contributed by atoms with Gasteiger partial charge in [0, 0.05) is 24.0 Å². The number of hydrogen-bond acceptors (Lipinski definition) is 3. The minimum Gasteiger partial charge on any atom is -0.319 e. The summed E-state index contributed by atoms with van der Waals surface area (Å²) < 4.78 is 3.47. The summed E-state index contributed by atoms with van der Waals surface area (Å²) in [5.74, 6) is -0.177. The molecule has 3 aromatic rings. The summed E-state index contributed by atoms with van der Waals surface area (Å²) in [4.78, 5) is 12.5. The van der Waals surface area contributed by atoms with Crippen molar-refractivity contribution in [2.24, 2.45) is 7.05 Å². The summed E-state index contributed by atoms with van der Waals surface area (Å²) in [6.45, 7) is 4.31. The maximum Gasteiger partial charge on any atom is 0.259 e. The molecule has 1 amide bonds. The van der Waals surface area contributed by atoms with Gasteiger partial charge in [-0.3, -0.25) is 14.2 Å². The van der Waals surface area contributed by atoms with Crippen LogP contribution in [0.2, 0.25) is 5.02 Å². The molecular weight excluding hydrogens is 326 g/mol. The van der Waals surface area contributed by atoms with Gasteiger partial charge in [-0.1, -0.05) is 23.7 Å². The number of rotatable bonds is 4. The highest BCUT2D eigenvalue weighted by Gasteiger charge is 2.17. The Labute approximate surface area is 145 Å². The van der Waals surface area contributed by atoms with Crippen LogP contribution in [0.5, 0.6) is 0 Å². The largest absolute Gasteiger partial charge is 0.319 e. The number of nitrogens with one attached hydrogen (secondary N) is 1. The van der Waals surface area contributed by atoms with Gasteiger partial charge in [0.05, 0.1) is 29.7 Å². The number of anilines is 1. The number of carbonyl (C=O) groups excluding carboxylic acids is 1. The van der Waals surface area contributed by atoms with Crippen LogP contribution in [-0.2, 0) is 13.6 Å². The van der Waals surface area contributed by atoms with Crippen LogP contribution < -0.4 is 5.32 Å². The van der Waals surface area contributed by atoms with Crippen LogP contribution in [0.15, 0.2) is 36.7 Å². The number of aromatic nitrogens is 4. The SMILES string of the molecule is Cc1nn(C)c(C)c1C(=O)Nc1cnn(Cc2ccc(Cl)cc2)c1. The van der Waals surface area contributed by atoms with E-state index in [0.717, 1.165) is 11.3 Å². The van der Waals surface area contributed by atoms with Crippen LogP contribution in [-0.4, -0.2) is 25.5 Å². The second-order valence-electron chi connectivity index (χ2n) is 5.68. The monoisotopic (exact) mass is 343 g/mol. The third-order valence-corrected chi connectivity index (χ3v) is 4.14. The van der Waals surface area contributed by atoms with Gasteiger partial charge in [-0.2, -0.15) is 10.2 Å². The Balaban J connectivity index is 1.71. The van der Waals surface area contributed by atoms with Gasteiger partial charge in [0.25, 0.3) is 5.91 Å². The van der Waals surface area contributed by atoms with Gasteiger partial charge in [-0.05, 0) is 31.5 Å². The van der Waals surface area contributed by atoms with Crippen molar-refractivity contribution in [3.05, 3.63) is 64.2 Å². The van der Waals surface area contributed by atoms with Gasteiger partial charge < -0.3 is 5.32 Å². The van der Waals surface area contributed by atoms with E-state index in [0.29, 0.717) is 28.5 Å². The maximum atomic E-state index is 12.5. The molecule has 0 saturated carbocycles. The molecule has 124 valence electrons. The number of aryl methyl sites for hydroxylation is 2. The van der Waals surface area contributed by atoms with Gasteiger partial charge in [0.15, 0.2) is 0 Å². The highest BCUT2D eigenvalue weighted by molar-refractivity contribution is 6.30. The van der Waals surface area contributed by atoms with E-state index in [2.05, 4.69) is 15.5 Å². The zero-order valence-electron chi connectivity index (χ0n) is 13.7. The van der Waals surface area contributed by atoms with Gasteiger partial charge in [0.2, 0.25) is 0 Å². The molecule has 24 heavy (non-hydrogen) atoms. The van der Waals surface area contributed by atoms with Crippen molar-refractivity contribution in [2.75, 3.05) is 5.32 Å². The molecule has 0 saturated heterocycles. The summed E-state index contributed by atoms with van der Waals surface area (Å²) in [6, 6.07) is 7.59. The van der Waals surface area contributed by atoms with Crippen molar-refractivity contribution in [1.82, 2.24) is 19.6 Å². The van der Waals surface area contributed by atoms with E-state index in [4.69, 9.17) is 11.6 Å². The Morgan fingerprint density at radius 2 is 1.96 bits per heavy atom. The quantitative estimate of drug-likeness (QED) is 0.791. The molecule has 6 nitrogen and oxygen atoms in total. The molecule has 0 spiro atoms. The predicted octanol–water partition coefficient (Wildman–Crippen LogP) is 3.19. The smallest absolute Gasteiger partial charge is 0.259 e. The Kier molecular flexibility index (Phi) is 4.40. The topological polar surface area (TPSA) is 64.7 Å². The minimum absolute atomic E-state index is 0.177. The molecular formula is C17H18ClN5O. The summed E-state index contributed by atoms with van der Waals surface area (Å²) in [7, 11) is 1.82. The molecule has 7 heteroatoms. The fourth-order valence-electron chi connectivity index (χ4n) is 2.59. The summed E-state index contributed by atoms with van der Waals surface area (Å²) >= 11 is 5.88. The van der Waals surface area contributed by atoms with Crippen LogP contribution in [0.1, 0.15) is 27.3 Å². The zero-order valence-corrected chi connectivity index (χ0v) is 14.5. The summed E-state index contributed by atoms with van der Waals surface area (Å²) in [6.07, 6.45) is 3.43. The van der Waals surface area contributed by atoms with Gasteiger partial charge in [0.1, 0.15) is 0 Å². The van der Waals surface area contributed by atoms with Crippen LogP contribution in [0, 0.1) is 13.8 Å². The number of nitrogens with zero attached hydrogens (tertiary/aromatic N) is 4. The van der Waals surface area contributed by atoms with E-state index in [1.54, 1.807) is 21.8 Å². The van der Waals surface area contributed by atoms with Gasteiger partial charge in [-0.25, -0.2) is 0 Å². The lowest BCUT2D eigenvalue weighted by Crippen LogP contribution is -2.13. The van der Waals surface area contributed by atoms with Crippen molar-refractivity contribution in [1.29, 1.82) is 0 Å². The first-order valence-corrected chi connectivity index (χ1v) is 7.90. The molecule has 0 aliphatic carbocycles.